The second-order valence-electron chi connectivity index (χ2n) is 6.27. The number of hydrogen-bond donors (Lipinski definition) is 2. The molecule has 2 N–H and O–H groups in total. The van der Waals surface area contributed by atoms with Gasteiger partial charge in [-0.3, -0.25) is 9.59 Å². The molecule has 2 unspecified atom stereocenters. The van der Waals surface area contributed by atoms with Gasteiger partial charge in [-0.15, -0.1) is 0 Å². The van der Waals surface area contributed by atoms with Crippen molar-refractivity contribution in [2.75, 3.05) is 14.2 Å². The molecule has 2 rings (SSSR count). The fourth-order valence-corrected chi connectivity index (χ4v) is 3.28. The van der Waals surface area contributed by atoms with E-state index in [1.165, 1.54) is 0 Å². The Balaban J connectivity index is 1.97. The van der Waals surface area contributed by atoms with Crippen molar-refractivity contribution in [1.82, 2.24) is 5.32 Å². The van der Waals surface area contributed by atoms with Crippen molar-refractivity contribution in [3.63, 3.8) is 0 Å². The highest BCUT2D eigenvalue weighted by molar-refractivity contribution is 5.81. The normalized spacial score (nSPS) is 22.6. The van der Waals surface area contributed by atoms with E-state index >= 15 is 0 Å². The third-order valence-corrected chi connectivity index (χ3v) is 4.67. The molecule has 24 heavy (non-hydrogen) atoms. The number of carboxylic acids is 1. The minimum absolute atomic E-state index is 0.0955. The van der Waals surface area contributed by atoms with E-state index in [4.69, 9.17) is 14.6 Å². The zero-order chi connectivity index (χ0) is 17.7. The number of carbonyl (C=O) groups is 2. The molecular weight excluding hydrogens is 310 g/mol. The molecule has 0 saturated heterocycles. The van der Waals surface area contributed by atoms with Crippen LogP contribution in [-0.4, -0.2) is 37.2 Å². The number of rotatable bonds is 7. The zero-order valence-electron chi connectivity index (χ0n) is 14.3. The largest absolute Gasteiger partial charge is 0.497 e. The number of methoxy groups -OCH3 is 2. The minimum atomic E-state index is -0.814. The maximum absolute atomic E-state index is 12.4. The number of nitrogens with one attached hydrogen (secondary N) is 1. The lowest BCUT2D eigenvalue weighted by molar-refractivity contribution is -0.141. The van der Waals surface area contributed by atoms with E-state index in [1.54, 1.807) is 14.2 Å². The van der Waals surface area contributed by atoms with Crippen LogP contribution < -0.4 is 10.1 Å². The van der Waals surface area contributed by atoms with Gasteiger partial charge in [-0.2, -0.15) is 0 Å². The molecule has 1 aromatic rings. The Bertz CT molecular complexity index is 571. The standard InChI is InChI=1S/C18H25NO5/c1-11(16(24-3)12-6-8-15(23-2)9-7-12)19-17(20)13-4-5-14(10-13)18(21)22/h6-9,11,13-14,16H,4-5,10H2,1-3H3,(H,19,20)(H,21,22)/t11?,13-,14+,16?/m1/s1. The van der Waals surface area contributed by atoms with Crippen LogP contribution in [0.5, 0.6) is 5.75 Å². The third kappa shape index (κ3) is 4.26. The number of carbonyl (C=O) groups excluding carboxylic acids is 1. The smallest absolute Gasteiger partial charge is 0.306 e. The minimum Gasteiger partial charge on any atom is -0.497 e. The Morgan fingerprint density at radius 2 is 1.79 bits per heavy atom. The van der Waals surface area contributed by atoms with Crippen LogP contribution in [0.2, 0.25) is 0 Å². The molecule has 0 aromatic heterocycles. The van der Waals surface area contributed by atoms with Crippen LogP contribution in [0.1, 0.15) is 37.9 Å². The average Bonchev–Trinajstić information content (AvgIpc) is 3.06. The summed E-state index contributed by atoms with van der Waals surface area (Å²) >= 11 is 0. The molecule has 132 valence electrons. The first kappa shape index (κ1) is 18.3. The number of hydrogen-bond acceptors (Lipinski definition) is 4. The summed E-state index contributed by atoms with van der Waals surface area (Å²) in [6.07, 6.45) is 1.31. The summed E-state index contributed by atoms with van der Waals surface area (Å²) in [5.41, 5.74) is 0.945. The maximum atomic E-state index is 12.4. The van der Waals surface area contributed by atoms with Gasteiger partial charge >= 0.3 is 5.97 Å². The van der Waals surface area contributed by atoms with E-state index in [2.05, 4.69) is 5.32 Å². The monoisotopic (exact) mass is 335 g/mol. The molecule has 0 radical (unpaired) electrons. The molecule has 1 aliphatic carbocycles. The van der Waals surface area contributed by atoms with Crippen molar-refractivity contribution in [1.29, 1.82) is 0 Å². The van der Waals surface area contributed by atoms with Crippen LogP contribution in [0.4, 0.5) is 0 Å². The molecule has 0 aliphatic heterocycles. The topological polar surface area (TPSA) is 84.9 Å². The van der Waals surface area contributed by atoms with Gasteiger partial charge in [0.05, 0.1) is 19.1 Å². The van der Waals surface area contributed by atoms with Crippen LogP contribution >= 0.6 is 0 Å². The molecular formula is C18H25NO5. The van der Waals surface area contributed by atoms with Crippen molar-refractivity contribution in [3.05, 3.63) is 29.8 Å². The predicted octanol–water partition coefficient (Wildman–Crippen LogP) is 2.39. The van der Waals surface area contributed by atoms with Gasteiger partial charge in [-0.05, 0) is 43.9 Å². The molecule has 4 atom stereocenters. The lowest BCUT2D eigenvalue weighted by atomic mass is 10.0. The molecule has 1 amide bonds. The third-order valence-electron chi connectivity index (χ3n) is 4.67. The lowest BCUT2D eigenvalue weighted by Gasteiger charge is -2.25. The quantitative estimate of drug-likeness (QED) is 0.799. The molecule has 1 aromatic carbocycles. The van der Waals surface area contributed by atoms with Crippen LogP contribution in [0.15, 0.2) is 24.3 Å². The number of benzene rings is 1. The average molecular weight is 335 g/mol. The summed E-state index contributed by atoms with van der Waals surface area (Å²) in [6, 6.07) is 7.30. The molecule has 6 nitrogen and oxygen atoms in total. The summed E-state index contributed by atoms with van der Waals surface area (Å²) < 4.78 is 10.7. The highest BCUT2D eigenvalue weighted by Crippen LogP contribution is 2.32. The first-order chi connectivity index (χ1) is 11.5. The summed E-state index contributed by atoms with van der Waals surface area (Å²) in [4.78, 5) is 23.4. The van der Waals surface area contributed by atoms with Gasteiger partial charge in [0.1, 0.15) is 11.9 Å². The number of aliphatic carboxylic acids is 1. The van der Waals surface area contributed by atoms with Gasteiger partial charge in [0.2, 0.25) is 5.91 Å². The summed E-state index contributed by atoms with van der Waals surface area (Å²) in [5.74, 6) is -0.790. The van der Waals surface area contributed by atoms with Crippen molar-refractivity contribution in [2.45, 2.75) is 38.3 Å². The van der Waals surface area contributed by atoms with E-state index < -0.39 is 11.9 Å². The molecule has 6 heteroatoms. The number of ether oxygens (including phenoxy) is 2. The van der Waals surface area contributed by atoms with Gasteiger partial charge in [0, 0.05) is 13.0 Å². The van der Waals surface area contributed by atoms with E-state index in [-0.39, 0.29) is 24.0 Å². The number of carboxylic acid groups (broad SMARTS) is 1. The Kier molecular flexibility index (Phi) is 6.20. The Morgan fingerprint density at radius 1 is 1.17 bits per heavy atom. The van der Waals surface area contributed by atoms with Gasteiger partial charge in [-0.25, -0.2) is 0 Å². The van der Waals surface area contributed by atoms with Gasteiger partial charge in [-0.1, -0.05) is 12.1 Å². The van der Waals surface area contributed by atoms with Crippen LogP contribution in [0.25, 0.3) is 0 Å². The second-order valence-corrected chi connectivity index (χ2v) is 6.27. The molecule has 0 bridgehead atoms. The summed E-state index contributed by atoms with van der Waals surface area (Å²) in [7, 11) is 3.21. The van der Waals surface area contributed by atoms with E-state index in [1.807, 2.05) is 31.2 Å². The first-order valence-electron chi connectivity index (χ1n) is 8.16. The van der Waals surface area contributed by atoms with Gasteiger partial charge < -0.3 is 19.9 Å². The van der Waals surface area contributed by atoms with Gasteiger partial charge in [0.15, 0.2) is 0 Å². The van der Waals surface area contributed by atoms with Crippen LogP contribution in [-0.2, 0) is 14.3 Å². The van der Waals surface area contributed by atoms with Crippen molar-refractivity contribution in [3.8, 4) is 5.75 Å². The SMILES string of the molecule is COc1ccc(C(OC)C(C)NC(=O)[C@@H]2CC[C@H](C(=O)O)C2)cc1. The molecule has 0 spiro atoms. The Labute approximate surface area is 142 Å². The highest BCUT2D eigenvalue weighted by Gasteiger charge is 2.35. The molecule has 1 aliphatic rings. The Morgan fingerprint density at radius 3 is 2.29 bits per heavy atom. The van der Waals surface area contributed by atoms with Crippen molar-refractivity contribution >= 4 is 11.9 Å². The summed E-state index contributed by atoms with van der Waals surface area (Å²) in [6.45, 7) is 1.89. The first-order valence-corrected chi connectivity index (χ1v) is 8.16. The molecule has 0 heterocycles. The fraction of sp³-hybridized carbons (Fsp3) is 0.556. The highest BCUT2D eigenvalue weighted by atomic mass is 16.5. The maximum Gasteiger partial charge on any atom is 0.306 e. The molecule has 1 saturated carbocycles. The Hall–Kier alpha value is -2.08. The van der Waals surface area contributed by atoms with E-state index in [0.29, 0.717) is 19.3 Å². The van der Waals surface area contributed by atoms with E-state index in [0.717, 1.165) is 11.3 Å². The zero-order valence-corrected chi connectivity index (χ0v) is 14.3. The number of amides is 1. The molecule has 1 fully saturated rings. The fourth-order valence-electron chi connectivity index (χ4n) is 3.28. The second kappa shape index (κ2) is 8.15. The predicted molar refractivity (Wildman–Crippen MR) is 88.8 cm³/mol. The lowest BCUT2D eigenvalue weighted by Crippen LogP contribution is -2.40. The van der Waals surface area contributed by atoms with Gasteiger partial charge in [0.25, 0.3) is 0 Å². The van der Waals surface area contributed by atoms with Crippen molar-refractivity contribution < 1.29 is 24.2 Å². The van der Waals surface area contributed by atoms with E-state index in [9.17, 15) is 9.59 Å². The summed E-state index contributed by atoms with van der Waals surface area (Å²) in [5, 5.41) is 12.0. The van der Waals surface area contributed by atoms with Crippen molar-refractivity contribution in [2.24, 2.45) is 11.8 Å². The van der Waals surface area contributed by atoms with Crippen LogP contribution in [0.3, 0.4) is 0 Å². The van der Waals surface area contributed by atoms with Crippen LogP contribution in [0, 0.1) is 11.8 Å².